The molecule has 3 rings (SSSR count). The molecule has 7 heteroatoms. The van der Waals surface area contributed by atoms with Gasteiger partial charge in [0.2, 0.25) is 5.95 Å². The minimum Gasteiger partial charge on any atom is -0.382 e. The van der Waals surface area contributed by atoms with Crippen LogP contribution in [-0.4, -0.2) is 35.3 Å². The number of rotatable bonds is 10. The minimum absolute atomic E-state index is 0.0760. The van der Waals surface area contributed by atoms with Crippen molar-refractivity contribution in [3.8, 4) is 0 Å². The second-order valence-corrected chi connectivity index (χ2v) is 6.67. The highest BCUT2D eigenvalue weighted by Gasteiger charge is 2.13. The SMILES string of the molecule is CCOCCCn1c(NC(=O)COCc2ccccc2Cl)nc2ccccc21. The summed E-state index contributed by atoms with van der Waals surface area (Å²) in [7, 11) is 0. The van der Waals surface area contributed by atoms with E-state index in [-0.39, 0.29) is 19.1 Å². The van der Waals surface area contributed by atoms with Crippen molar-refractivity contribution in [1.82, 2.24) is 9.55 Å². The monoisotopic (exact) mass is 401 g/mol. The van der Waals surface area contributed by atoms with Crippen LogP contribution in [0.1, 0.15) is 18.9 Å². The molecule has 0 aliphatic heterocycles. The van der Waals surface area contributed by atoms with E-state index < -0.39 is 0 Å². The molecule has 1 heterocycles. The van der Waals surface area contributed by atoms with Crippen molar-refractivity contribution in [3.05, 3.63) is 59.1 Å². The molecule has 0 aliphatic rings. The van der Waals surface area contributed by atoms with Crippen molar-refractivity contribution in [2.45, 2.75) is 26.5 Å². The molecule has 0 radical (unpaired) electrons. The van der Waals surface area contributed by atoms with Gasteiger partial charge in [0.05, 0.1) is 17.6 Å². The standard InChI is InChI=1S/C21H24ClN3O3/c1-2-27-13-7-12-25-19-11-6-5-10-18(19)23-21(25)24-20(26)15-28-14-16-8-3-4-9-17(16)22/h3-6,8-11H,2,7,12-15H2,1H3,(H,23,24,26). The van der Waals surface area contributed by atoms with Gasteiger partial charge in [0, 0.05) is 24.8 Å². The molecule has 1 N–H and O–H groups in total. The fourth-order valence-corrected chi connectivity index (χ4v) is 3.09. The van der Waals surface area contributed by atoms with Crippen LogP contribution in [0.15, 0.2) is 48.5 Å². The first kappa shape index (κ1) is 20.3. The van der Waals surface area contributed by atoms with Crippen molar-refractivity contribution >= 4 is 34.5 Å². The van der Waals surface area contributed by atoms with Gasteiger partial charge in [-0.05, 0) is 37.1 Å². The second-order valence-electron chi connectivity index (χ2n) is 6.26. The summed E-state index contributed by atoms with van der Waals surface area (Å²) < 4.78 is 12.9. The molecule has 1 amide bonds. The molecule has 2 aromatic carbocycles. The van der Waals surface area contributed by atoms with Crippen LogP contribution in [0.4, 0.5) is 5.95 Å². The fourth-order valence-electron chi connectivity index (χ4n) is 2.90. The number of aromatic nitrogens is 2. The lowest BCUT2D eigenvalue weighted by Gasteiger charge is -2.11. The predicted molar refractivity (Wildman–Crippen MR) is 111 cm³/mol. The molecule has 0 bridgehead atoms. The Morgan fingerprint density at radius 1 is 1.14 bits per heavy atom. The molecule has 148 valence electrons. The number of halogens is 1. The highest BCUT2D eigenvalue weighted by atomic mass is 35.5. The summed E-state index contributed by atoms with van der Waals surface area (Å²) in [6, 6.07) is 15.2. The summed E-state index contributed by atoms with van der Waals surface area (Å²) >= 11 is 6.10. The number of carbonyl (C=O) groups excluding carboxylic acids is 1. The van der Waals surface area contributed by atoms with Crippen LogP contribution in [0.25, 0.3) is 11.0 Å². The second kappa shape index (κ2) is 10.2. The van der Waals surface area contributed by atoms with E-state index in [4.69, 9.17) is 21.1 Å². The molecular weight excluding hydrogens is 378 g/mol. The van der Waals surface area contributed by atoms with Gasteiger partial charge in [-0.1, -0.05) is 41.9 Å². The lowest BCUT2D eigenvalue weighted by atomic mass is 10.2. The summed E-state index contributed by atoms with van der Waals surface area (Å²) in [5.41, 5.74) is 2.66. The number of para-hydroxylation sites is 2. The van der Waals surface area contributed by atoms with E-state index in [1.807, 2.05) is 54.0 Å². The summed E-state index contributed by atoms with van der Waals surface area (Å²) in [5.74, 6) is 0.262. The quantitative estimate of drug-likeness (QED) is 0.515. The molecule has 0 spiro atoms. The van der Waals surface area contributed by atoms with Crippen molar-refractivity contribution in [2.75, 3.05) is 25.1 Å². The third-order valence-electron chi connectivity index (χ3n) is 4.23. The minimum atomic E-state index is -0.256. The van der Waals surface area contributed by atoms with Crippen molar-refractivity contribution in [3.63, 3.8) is 0 Å². The van der Waals surface area contributed by atoms with Gasteiger partial charge in [-0.2, -0.15) is 0 Å². The van der Waals surface area contributed by atoms with Crippen LogP contribution in [-0.2, 0) is 27.4 Å². The first-order chi connectivity index (χ1) is 13.7. The lowest BCUT2D eigenvalue weighted by molar-refractivity contribution is -0.121. The molecule has 0 fully saturated rings. The van der Waals surface area contributed by atoms with Gasteiger partial charge in [0.25, 0.3) is 5.91 Å². The maximum absolute atomic E-state index is 12.3. The molecule has 28 heavy (non-hydrogen) atoms. The summed E-state index contributed by atoms with van der Waals surface area (Å²) in [4.78, 5) is 16.9. The zero-order chi connectivity index (χ0) is 19.8. The van der Waals surface area contributed by atoms with E-state index in [0.717, 1.165) is 23.0 Å². The Labute approximate surface area is 169 Å². The van der Waals surface area contributed by atoms with Gasteiger partial charge in [-0.25, -0.2) is 4.98 Å². The molecule has 0 unspecified atom stereocenters. The Morgan fingerprint density at radius 2 is 1.93 bits per heavy atom. The Balaban J connectivity index is 1.62. The Bertz CT molecular complexity index is 926. The van der Waals surface area contributed by atoms with E-state index in [1.165, 1.54) is 0 Å². The smallest absolute Gasteiger partial charge is 0.252 e. The molecule has 0 aliphatic carbocycles. The molecular formula is C21H24ClN3O3. The van der Waals surface area contributed by atoms with Crippen LogP contribution in [0.3, 0.4) is 0 Å². The zero-order valence-corrected chi connectivity index (χ0v) is 16.6. The number of hydrogen-bond donors (Lipinski definition) is 1. The highest BCUT2D eigenvalue weighted by Crippen LogP contribution is 2.20. The largest absolute Gasteiger partial charge is 0.382 e. The van der Waals surface area contributed by atoms with Gasteiger partial charge in [0.1, 0.15) is 6.61 Å². The number of benzene rings is 2. The Morgan fingerprint density at radius 3 is 2.75 bits per heavy atom. The van der Waals surface area contributed by atoms with E-state index in [0.29, 0.717) is 30.7 Å². The van der Waals surface area contributed by atoms with Gasteiger partial charge in [0.15, 0.2) is 0 Å². The first-order valence-electron chi connectivity index (χ1n) is 9.33. The average Bonchev–Trinajstić information content (AvgIpc) is 3.04. The number of aryl methyl sites for hydroxylation is 1. The Hall–Kier alpha value is -2.41. The normalized spacial score (nSPS) is 11.1. The molecule has 1 aromatic heterocycles. The highest BCUT2D eigenvalue weighted by molar-refractivity contribution is 6.31. The average molecular weight is 402 g/mol. The van der Waals surface area contributed by atoms with Crippen LogP contribution in [0, 0.1) is 0 Å². The fraction of sp³-hybridized carbons (Fsp3) is 0.333. The topological polar surface area (TPSA) is 65.4 Å². The van der Waals surface area contributed by atoms with Gasteiger partial charge in [-0.15, -0.1) is 0 Å². The maximum atomic E-state index is 12.3. The molecule has 6 nitrogen and oxygen atoms in total. The number of nitrogens with zero attached hydrogens (tertiary/aromatic N) is 2. The third kappa shape index (κ3) is 5.32. The van der Waals surface area contributed by atoms with Crippen LogP contribution < -0.4 is 5.32 Å². The Kier molecular flexibility index (Phi) is 7.42. The van der Waals surface area contributed by atoms with Gasteiger partial charge >= 0.3 is 0 Å². The van der Waals surface area contributed by atoms with Crippen molar-refractivity contribution in [2.24, 2.45) is 0 Å². The third-order valence-corrected chi connectivity index (χ3v) is 4.60. The molecule has 0 saturated carbocycles. The van der Waals surface area contributed by atoms with E-state index in [9.17, 15) is 4.79 Å². The maximum Gasteiger partial charge on any atom is 0.252 e. The van der Waals surface area contributed by atoms with Crippen LogP contribution in [0.2, 0.25) is 5.02 Å². The summed E-state index contributed by atoms with van der Waals surface area (Å²) in [6.45, 7) is 4.23. The predicted octanol–water partition coefficient (Wildman–Crippen LogP) is 4.27. The van der Waals surface area contributed by atoms with E-state index in [1.54, 1.807) is 6.07 Å². The molecule has 3 aromatic rings. The summed E-state index contributed by atoms with van der Waals surface area (Å²) in [6.07, 6.45) is 0.833. The number of ether oxygens (including phenoxy) is 2. The number of hydrogen-bond acceptors (Lipinski definition) is 4. The molecule has 0 saturated heterocycles. The lowest BCUT2D eigenvalue weighted by Crippen LogP contribution is -2.21. The van der Waals surface area contributed by atoms with E-state index >= 15 is 0 Å². The zero-order valence-electron chi connectivity index (χ0n) is 15.9. The number of nitrogens with one attached hydrogen (secondary N) is 1. The summed E-state index contributed by atoms with van der Waals surface area (Å²) in [5, 5.41) is 3.48. The number of amides is 1. The van der Waals surface area contributed by atoms with E-state index in [2.05, 4.69) is 10.3 Å². The van der Waals surface area contributed by atoms with Crippen molar-refractivity contribution < 1.29 is 14.3 Å². The van der Waals surface area contributed by atoms with Crippen LogP contribution in [0.5, 0.6) is 0 Å². The number of anilines is 1. The van der Waals surface area contributed by atoms with Gasteiger partial charge < -0.3 is 14.0 Å². The molecule has 0 atom stereocenters. The van der Waals surface area contributed by atoms with Gasteiger partial charge in [-0.3, -0.25) is 10.1 Å². The van der Waals surface area contributed by atoms with Crippen molar-refractivity contribution in [1.29, 1.82) is 0 Å². The number of imidazole rings is 1. The number of fused-ring (bicyclic) bond motifs is 1. The first-order valence-corrected chi connectivity index (χ1v) is 9.71. The van der Waals surface area contributed by atoms with Crippen LogP contribution >= 0.6 is 11.6 Å². The number of carbonyl (C=O) groups is 1.